The van der Waals surface area contributed by atoms with Gasteiger partial charge in [0.25, 0.3) is 0 Å². The van der Waals surface area contributed by atoms with Crippen molar-refractivity contribution in [3.8, 4) is 22.4 Å². The molecule has 1 heterocycles. The predicted octanol–water partition coefficient (Wildman–Crippen LogP) is 4.64. The van der Waals surface area contributed by atoms with Crippen LogP contribution in [0.25, 0.3) is 22.4 Å². The van der Waals surface area contributed by atoms with Gasteiger partial charge in [0, 0.05) is 23.9 Å². The number of benzene rings is 2. The average molecular weight is 325 g/mol. The third kappa shape index (κ3) is 3.20. The number of rotatable bonds is 4. The third-order valence-electron chi connectivity index (χ3n) is 3.63. The van der Waals surface area contributed by atoms with Crippen molar-refractivity contribution in [1.29, 1.82) is 0 Å². The van der Waals surface area contributed by atoms with E-state index >= 15 is 0 Å². The molecule has 116 valence electrons. The molecule has 0 aliphatic carbocycles. The van der Waals surface area contributed by atoms with Crippen molar-refractivity contribution in [2.75, 3.05) is 0 Å². The Morgan fingerprint density at radius 1 is 1.00 bits per heavy atom. The van der Waals surface area contributed by atoms with Crippen molar-refractivity contribution in [3.63, 3.8) is 0 Å². The summed E-state index contributed by atoms with van der Waals surface area (Å²) in [5.74, 6) is 0. The van der Waals surface area contributed by atoms with Crippen molar-refractivity contribution in [1.82, 2.24) is 9.78 Å². The van der Waals surface area contributed by atoms with Crippen molar-refractivity contribution < 1.29 is 0 Å². The molecule has 0 unspecified atom stereocenters. The average Bonchev–Trinajstić information content (AvgIpc) is 2.58. The minimum Gasteiger partial charge on any atom is -0.287 e. The first-order valence-corrected chi connectivity index (χ1v) is 8.00. The number of aryl methyl sites for hydroxylation is 1. The molecule has 0 aliphatic rings. The zero-order valence-corrected chi connectivity index (χ0v) is 13.6. The Morgan fingerprint density at radius 2 is 1.70 bits per heavy atom. The van der Waals surface area contributed by atoms with Gasteiger partial charge < -0.3 is 0 Å². The van der Waals surface area contributed by atoms with Gasteiger partial charge in [0.2, 0.25) is 5.43 Å². The smallest absolute Gasteiger partial charge is 0.215 e. The zero-order valence-electron chi connectivity index (χ0n) is 12.9. The summed E-state index contributed by atoms with van der Waals surface area (Å²) in [6, 6.07) is 17.0. The maximum Gasteiger partial charge on any atom is 0.215 e. The molecule has 23 heavy (non-hydrogen) atoms. The van der Waals surface area contributed by atoms with Gasteiger partial charge >= 0.3 is 0 Å². The highest BCUT2D eigenvalue weighted by Crippen LogP contribution is 2.25. The maximum atomic E-state index is 12.9. The fourth-order valence-electron chi connectivity index (χ4n) is 2.53. The van der Waals surface area contributed by atoms with Crippen LogP contribution in [-0.2, 0) is 6.54 Å². The largest absolute Gasteiger partial charge is 0.287 e. The molecule has 0 bridgehead atoms. The van der Waals surface area contributed by atoms with E-state index in [0.29, 0.717) is 21.8 Å². The summed E-state index contributed by atoms with van der Waals surface area (Å²) in [5.41, 5.74) is 2.49. The summed E-state index contributed by atoms with van der Waals surface area (Å²) in [6.45, 7) is 2.83. The molecule has 0 atom stereocenters. The Kier molecular flexibility index (Phi) is 4.58. The Bertz CT molecular complexity index is 872. The molecule has 0 aliphatic heterocycles. The van der Waals surface area contributed by atoms with Crippen molar-refractivity contribution in [3.05, 3.63) is 76.0 Å². The summed E-state index contributed by atoms with van der Waals surface area (Å²) in [6.07, 6.45) is 2.76. The van der Waals surface area contributed by atoms with Crippen LogP contribution in [0.2, 0.25) is 5.02 Å². The lowest BCUT2D eigenvalue weighted by Crippen LogP contribution is -2.17. The van der Waals surface area contributed by atoms with Gasteiger partial charge in [-0.25, -0.2) is 0 Å². The molecular weight excluding hydrogens is 308 g/mol. The molecule has 2 aromatic carbocycles. The highest BCUT2D eigenvalue weighted by molar-refractivity contribution is 6.33. The predicted molar refractivity (Wildman–Crippen MR) is 94.7 cm³/mol. The number of aromatic nitrogens is 2. The molecular formula is C19H17ClN2O. The fourth-order valence-corrected chi connectivity index (χ4v) is 2.76. The van der Waals surface area contributed by atoms with Gasteiger partial charge in [-0.3, -0.25) is 9.48 Å². The molecule has 3 nitrogen and oxygen atoms in total. The van der Waals surface area contributed by atoms with Crippen LogP contribution in [0.5, 0.6) is 0 Å². The van der Waals surface area contributed by atoms with Crippen LogP contribution < -0.4 is 5.43 Å². The lowest BCUT2D eigenvalue weighted by molar-refractivity contribution is 0.590. The van der Waals surface area contributed by atoms with E-state index in [9.17, 15) is 4.79 Å². The van der Waals surface area contributed by atoms with E-state index in [1.54, 1.807) is 6.07 Å². The minimum atomic E-state index is -0.100. The monoisotopic (exact) mass is 324 g/mol. The second-order valence-corrected chi connectivity index (χ2v) is 5.74. The van der Waals surface area contributed by atoms with Gasteiger partial charge in [-0.1, -0.05) is 67.1 Å². The van der Waals surface area contributed by atoms with Gasteiger partial charge in [0.05, 0.1) is 5.02 Å². The molecule has 0 saturated carbocycles. The molecule has 0 radical (unpaired) electrons. The zero-order chi connectivity index (χ0) is 16.2. The molecule has 0 spiro atoms. The van der Waals surface area contributed by atoms with Gasteiger partial charge in [-0.2, -0.15) is 5.10 Å². The normalized spacial score (nSPS) is 10.7. The highest BCUT2D eigenvalue weighted by atomic mass is 35.5. The van der Waals surface area contributed by atoms with Crippen molar-refractivity contribution in [2.45, 2.75) is 19.9 Å². The van der Waals surface area contributed by atoms with Crippen LogP contribution in [0.4, 0.5) is 0 Å². The van der Waals surface area contributed by atoms with Crippen LogP contribution >= 0.6 is 11.6 Å². The minimum absolute atomic E-state index is 0.100. The van der Waals surface area contributed by atoms with Crippen LogP contribution in [0.15, 0.2) is 65.6 Å². The Morgan fingerprint density at radius 3 is 2.39 bits per heavy atom. The Balaban J connectivity index is 2.26. The molecule has 3 aromatic rings. The highest BCUT2D eigenvalue weighted by Gasteiger charge is 2.15. The van der Waals surface area contributed by atoms with Gasteiger partial charge in [0.15, 0.2) is 0 Å². The molecule has 0 N–H and O–H groups in total. The molecule has 0 amide bonds. The number of halogens is 1. The standard InChI is InChI=1S/C19H17ClN2O/c1-2-12-22-13-16(14-8-4-3-5-9-14)19(23)18(21-22)15-10-6-7-11-17(15)20/h3-11,13H,2,12H2,1H3. The molecule has 0 saturated heterocycles. The van der Waals surface area contributed by atoms with E-state index in [0.717, 1.165) is 18.5 Å². The van der Waals surface area contributed by atoms with E-state index in [-0.39, 0.29) is 5.43 Å². The Hall–Kier alpha value is -2.39. The molecule has 4 heteroatoms. The lowest BCUT2D eigenvalue weighted by atomic mass is 10.0. The van der Waals surface area contributed by atoms with Gasteiger partial charge in [0.1, 0.15) is 5.69 Å². The summed E-state index contributed by atoms with van der Waals surface area (Å²) < 4.78 is 1.82. The number of hydrogen-bond donors (Lipinski definition) is 0. The summed E-state index contributed by atoms with van der Waals surface area (Å²) in [4.78, 5) is 12.9. The van der Waals surface area contributed by atoms with E-state index in [1.807, 2.05) is 59.4 Å². The van der Waals surface area contributed by atoms with Crippen LogP contribution in [0.1, 0.15) is 13.3 Å². The first-order chi connectivity index (χ1) is 11.2. The van der Waals surface area contributed by atoms with Crippen molar-refractivity contribution in [2.24, 2.45) is 0 Å². The van der Waals surface area contributed by atoms with E-state index in [1.165, 1.54) is 0 Å². The van der Waals surface area contributed by atoms with Crippen LogP contribution in [0.3, 0.4) is 0 Å². The van der Waals surface area contributed by atoms with Crippen molar-refractivity contribution >= 4 is 11.6 Å². The van der Waals surface area contributed by atoms with Crippen LogP contribution in [0, 0.1) is 0 Å². The van der Waals surface area contributed by atoms with Crippen LogP contribution in [-0.4, -0.2) is 9.78 Å². The quantitative estimate of drug-likeness (QED) is 0.700. The van der Waals surface area contributed by atoms with Gasteiger partial charge in [-0.05, 0) is 18.1 Å². The summed E-state index contributed by atoms with van der Waals surface area (Å²) >= 11 is 6.27. The SMILES string of the molecule is CCCn1cc(-c2ccccc2)c(=O)c(-c2ccccc2Cl)n1. The fraction of sp³-hybridized carbons (Fsp3) is 0.158. The van der Waals surface area contributed by atoms with E-state index < -0.39 is 0 Å². The number of nitrogens with zero attached hydrogens (tertiary/aromatic N) is 2. The molecule has 3 rings (SSSR count). The van der Waals surface area contributed by atoms with E-state index in [2.05, 4.69) is 12.0 Å². The summed E-state index contributed by atoms with van der Waals surface area (Å²) in [5, 5.41) is 5.03. The first kappa shape index (κ1) is 15.5. The second kappa shape index (κ2) is 6.80. The third-order valence-corrected chi connectivity index (χ3v) is 3.96. The second-order valence-electron chi connectivity index (χ2n) is 5.33. The topological polar surface area (TPSA) is 34.9 Å². The first-order valence-electron chi connectivity index (χ1n) is 7.62. The number of hydrogen-bond acceptors (Lipinski definition) is 2. The maximum absolute atomic E-state index is 12.9. The Labute approximate surface area is 140 Å². The van der Waals surface area contributed by atoms with Gasteiger partial charge in [-0.15, -0.1) is 0 Å². The molecule has 0 fully saturated rings. The van der Waals surface area contributed by atoms with E-state index in [4.69, 9.17) is 11.6 Å². The lowest BCUT2D eigenvalue weighted by Gasteiger charge is -2.11. The summed E-state index contributed by atoms with van der Waals surface area (Å²) in [7, 11) is 0. The molecule has 1 aromatic heterocycles.